The SMILES string of the molecule is CC(C(=O)NC12CC3CC(CC(C3)C1)C2)N1C(=O)NC2(CCCC2)C1=O. The Morgan fingerprint density at radius 2 is 1.62 bits per heavy atom. The fraction of sp³-hybridized carbons (Fsp3) is 0.850. The molecule has 0 radical (unpaired) electrons. The summed E-state index contributed by atoms with van der Waals surface area (Å²) in [5.74, 6) is 1.87. The molecule has 142 valence electrons. The third kappa shape index (κ3) is 2.33. The molecule has 1 atom stereocenters. The van der Waals surface area contributed by atoms with Crippen molar-refractivity contribution in [2.75, 3.05) is 0 Å². The van der Waals surface area contributed by atoms with Crippen molar-refractivity contribution in [3.8, 4) is 0 Å². The Labute approximate surface area is 154 Å². The van der Waals surface area contributed by atoms with Crippen LogP contribution in [0.3, 0.4) is 0 Å². The molecule has 0 aromatic carbocycles. The molecule has 5 aliphatic carbocycles. The highest BCUT2D eigenvalue weighted by Gasteiger charge is 2.56. The molecule has 1 heterocycles. The number of carbonyl (C=O) groups is 3. The van der Waals surface area contributed by atoms with Gasteiger partial charge in [0.25, 0.3) is 5.91 Å². The highest BCUT2D eigenvalue weighted by Crippen LogP contribution is 2.55. The molecular weight excluding hydrogens is 330 g/mol. The number of nitrogens with zero attached hydrogens (tertiary/aromatic N) is 1. The van der Waals surface area contributed by atoms with Gasteiger partial charge in [0.15, 0.2) is 0 Å². The monoisotopic (exact) mass is 359 g/mol. The Bertz CT molecular complexity index is 632. The molecule has 6 fully saturated rings. The van der Waals surface area contributed by atoms with Crippen LogP contribution in [0.15, 0.2) is 0 Å². The minimum Gasteiger partial charge on any atom is -0.349 e. The van der Waals surface area contributed by atoms with Crippen LogP contribution in [0.1, 0.15) is 71.1 Å². The van der Waals surface area contributed by atoms with Gasteiger partial charge < -0.3 is 10.6 Å². The molecule has 5 saturated carbocycles. The number of rotatable bonds is 3. The van der Waals surface area contributed by atoms with Crippen molar-refractivity contribution in [1.82, 2.24) is 15.5 Å². The quantitative estimate of drug-likeness (QED) is 0.759. The summed E-state index contributed by atoms with van der Waals surface area (Å²) in [7, 11) is 0. The first-order valence-electron chi connectivity index (χ1n) is 10.4. The summed E-state index contributed by atoms with van der Waals surface area (Å²) in [4.78, 5) is 39.6. The Morgan fingerprint density at radius 1 is 1.08 bits per heavy atom. The molecule has 2 N–H and O–H groups in total. The molecule has 1 saturated heterocycles. The fourth-order valence-corrected chi connectivity index (χ4v) is 7.06. The summed E-state index contributed by atoms with van der Waals surface area (Å²) in [6, 6.07) is -1.14. The van der Waals surface area contributed by atoms with E-state index in [-0.39, 0.29) is 17.4 Å². The lowest BCUT2D eigenvalue weighted by atomic mass is 9.53. The largest absolute Gasteiger partial charge is 0.349 e. The first-order chi connectivity index (χ1) is 12.4. The van der Waals surface area contributed by atoms with Crippen LogP contribution in [0.25, 0.3) is 0 Å². The average Bonchev–Trinajstić information content (AvgIpc) is 3.11. The molecule has 1 aliphatic heterocycles. The van der Waals surface area contributed by atoms with Crippen molar-refractivity contribution >= 4 is 17.8 Å². The summed E-state index contributed by atoms with van der Waals surface area (Å²) in [6.45, 7) is 1.70. The van der Waals surface area contributed by atoms with Gasteiger partial charge in [-0.25, -0.2) is 9.69 Å². The van der Waals surface area contributed by atoms with Gasteiger partial charge in [0.1, 0.15) is 11.6 Å². The molecule has 26 heavy (non-hydrogen) atoms. The Hall–Kier alpha value is -1.59. The van der Waals surface area contributed by atoms with Gasteiger partial charge in [-0.15, -0.1) is 0 Å². The second-order valence-corrected chi connectivity index (χ2v) is 9.76. The third-order valence-electron chi connectivity index (χ3n) is 7.84. The maximum atomic E-state index is 13.0. The number of hydrogen-bond donors (Lipinski definition) is 2. The topological polar surface area (TPSA) is 78.5 Å². The molecule has 6 heteroatoms. The van der Waals surface area contributed by atoms with Crippen molar-refractivity contribution in [1.29, 1.82) is 0 Å². The maximum absolute atomic E-state index is 13.0. The van der Waals surface area contributed by atoms with Gasteiger partial charge in [-0.2, -0.15) is 0 Å². The Balaban J connectivity index is 1.31. The summed E-state index contributed by atoms with van der Waals surface area (Å²) < 4.78 is 0. The van der Waals surface area contributed by atoms with Gasteiger partial charge in [0.2, 0.25) is 5.91 Å². The molecule has 1 unspecified atom stereocenters. The van der Waals surface area contributed by atoms with E-state index in [1.165, 1.54) is 24.2 Å². The van der Waals surface area contributed by atoms with Gasteiger partial charge in [-0.1, -0.05) is 12.8 Å². The minimum atomic E-state index is -0.744. The average molecular weight is 359 g/mol. The minimum absolute atomic E-state index is 0.0929. The lowest BCUT2D eigenvalue weighted by molar-refractivity contribution is -0.140. The molecule has 6 nitrogen and oxygen atoms in total. The van der Waals surface area contributed by atoms with Crippen LogP contribution in [0.5, 0.6) is 0 Å². The molecule has 6 rings (SSSR count). The van der Waals surface area contributed by atoms with E-state index in [4.69, 9.17) is 0 Å². The van der Waals surface area contributed by atoms with Crippen molar-refractivity contribution in [2.45, 2.75) is 88.3 Å². The Kier molecular flexibility index (Phi) is 3.48. The van der Waals surface area contributed by atoms with E-state index < -0.39 is 17.6 Å². The van der Waals surface area contributed by atoms with Crippen molar-refractivity contribution in [3.05, 3.63) is 0 Å². The number of urea groups is 1. The smallest absolute Gasteiger partial charge is 0.325 e. The van der Waals surface area contributed by atoms with Crippen LogP contribution in [0.2, 0.25) is 0 Å². The van der Waals surface area contributed by atoms with E-state index in [1.807, 2.05) is 0 Å². The summed E-state index contributed by atoms with van der Waals surface area (Å²) >= 11 is 0. The predicted molar refractivity (Wildman–Crippen MR) is 95.1 cm³/mol. The van der Waals surface area contributed by atoms with E-state index in [0.717, 1.165) is 49.9 Å². The summed E-state index contributed by atoms with van der Waals surface area (Å²) in [6.07, 6.45) is 10.5. The van der Waals surface area contributed by atoms with Gasteiger partial charge in [-0.3, -0.25) is 9.59 Å². The molecule has 6 aliphatic rings. The zero-order valence-corrected chi connectivity index (χ0v) is 15.6. The highest BCUT2D eigenvalue weighted by atomic mass is 16.2. The van der Waals surface area contributed by atoms with Crippen LogP contribution >= 0.6 is 0 Å². The predicted octanol–water partition coefficient (Wildman–Crippen LogP) is 2.32. The van der Waals surface area contributed by atoms with Gasteiger partial charge in [0, 0.05) is 5.54 Å². The van der Waals surface area contributed by atoms with Crippen molar-refractivity contribution < 1.29 is 14.4 Å². The van der Waals surface area contributed by atoms with E-state index >= 15 is 0 Å². The summed E-state index contributed by atoms with van der Waals surface area (Å²) in [5.41, 5.74) is -0.837. The zero-order valence-electron chi connectivity index (χ0n) is 15.6. The molecular formula is C20H29N3O3. The first-order valence-corrected chi connectivity index (χ1v) is 10.4. The second-order valence-electron chi connectivity index (χ2n) is 9.76. The zero-order chi connectivity index (χ0) is 18.1. The fourth-order valence-electron chi connectivity index (χ4n) is 7.06. The molecule has 4 bridgehead atoms. The first kappa shape index (κ1) is 16.6. The second kappa shape index (κ2) is 5.46. The molecule has 0 aromatic rings. The number of hydrogen-bond acceptors (Lipinski definition) is 3. The van der Waals surface area contributed by atoms with Crippen LogP contribution in [-0.2, 0) is 9.59 Å². The van der Waals surface area contributed by atoms with Gasteiger partial charge in [0.05, 0.1) is 0 Å². The van der Waals surface area contributed by atoms with Crippen LogP contribution in [-0.4, -0.2) is 39.9 Å². The van der Waals surface area contributed by atoms with Crippen LogP contribution in [0.4, 0.5) is 4.79 Å². The third-order valence-corrected chi connectivity index (χ3v) is 7.84. The molecule has 4 amide bonds. The van der Waals surface area contributed by atoms with Crippen molar-refractivity contribution in [3.63, 3.8) is 0 Å². The number of carbonyl (C=O) groups excluding carboxylic acids is 3. The van der Waals surface area contributed by atoms with E-state index in [9.17, 15) is 14.4 Å². The van der Waals surface area contributed by atoms with Gasteiger partial charge in [-0.05, 0) is 76.0 Å². The van der Waals surface area contributed by atoms with E-state index in [0.29, 0.717) is 12.8 Å². The molecule has 1 spiro atoms. The Morgan fingerprint density at radius 3 is 2.15 bits per heavy atom. The van der Waals surface area contributed by atoms with E-state index in [2.05, 4.69) is 10.6 Å². The summed E-state index contributed by atoms with van der Waals surface area (Å²) in [5, 5.41) is 6.19. The van der Waals surface area contributed by atoms with Crippen LogP contribution < -0.4 is 10.6 Å². The normalized spacial score (nSPS) is 41.0. The number of nitrogens with one attached hydrogen (secondary N) is 2. The number of amides is 4. The molecule has 0 aromatic heterocycles. The maximum Gasteiger partial charge on any atom is 0.325 e. The van der Waals surface area contributed by atoms with E-state index in [1.54, 1.807) is 6.92 Å². The lowest BCUT2D eigenvalue weighted by Crippen LogP contribution is -2.62. The lowest BCUT2D eigenvalue weighted by Gasteiger charge is -2.57. The van der Waals surface area contributed by atoms with Crippen molar-refractivity contribution in [2.24, 2.45) is 17.8 Å². The standard InChI is InChI=1S/C20H29N3O3/c1-12(23-17(25)20(22-18(23)26)4-2-3-5-20)16(24)21-19-9-13-6-14(10-19)8-15(7-13)11-19/h12-15H,2-11H2,1H3,(H,21,24)(H,22,26). The van der Waals surface area contributed by atoms with Gasteiger partial charge >= 0.3 is 6.03 Å². The van der Waals surface area contributed by atoms with Crippen LogP contribution in [0, 0.1) is 17.8 Å². The highest BCUT2D eigenvalue weighted by molar-refractivity contribution is 6.10. The number of imide groups is 1.